The van der Waals surface area contributed by atoms with Gasteiger partial charge in [0, 0.05) is 0 Å². The Hall–Kier alpha value is -1.68. The third kappa shape index (κ3) is 1.97. The van der Waals surface area contributed by atoms with E-state index in [1.54, 1.807) is 29.5 Å². The molecule has 0 atom stereocenters. The average molecular weight is 233 g/mol. The van der Waals surface area contributed by atoms with Crippen molar-refractivity contribution < 1.29 is 9.90 Å². The molecule has 0 radical (unpaired) electrons. The van der Waals surface area contributed by atoms with E-state index in [4.69, 9.17) is 5.11 Å². The standard InChI is InChI=1S/C12H11NO2S/c1-7-11(16-8(2)13-7)9-4-3-5-10(6-9)12(14)15/h3-6H,1-2H3,(H,14,15). The minimum Gasteiger partial charge on any atom is -0.478 e. The number of carboxylic acid groups (broad SMARTS) is 1. The van der Waals surface area contributed by atoms with Gasteiger partial charge in [0.25, 0.3) is 0 Å². The molecule has 0 fully saturated rings. The lowest BCUT2D eigenvalue weighted by Crippen LogP contribution is -1.95. The number of aryl methyl sites for hydroxylation is 2. The predicted octanol–water partition coefficient (Wildman–Crippen LogP) is 3.13. The van der Waals surface area contributed by atoms with Crippen LogP contribution in [0.1, 0.15) is 21.1 Å². The number of rotatable bonds is 2. The second kappa shape index (κ2) is 4.06. The van der Waals surface area contributed by atoms with Gasteiger partial charge in [-0.2, -0.15) is 0 Å². The van der Waals surface area contributed by atoms with Crippen LogP contribution < -0.4 is 0 Å². The van der Waals surface area contributed by atoms with Gasteiger partial charge in [-0.3, -0.25) is 0 Å². The summed E-state index contributed by atoms with van der Waals surface area (Å²) in [6, 6.07) is 6.94. The van der Waals surface area contributed by atoms with Crippen molar-refractivity contribution in [1.29, 1.82) is 0 Å². The molecule has 4 heteroatoms. The van der Waals surface area contributed by atoms with Crippen LogP contribution in [0.4, 0.5) is 0 Å². The normalized spacial score (nSPS) is 10.4. The Morgan fingerprint density at radius 2 is 2.12 bits per heavy atom. The zero-order valence-corrected chi connectivity index (χ0v) is 9.84. The minimum atomic E-state index is -0.902. The zero-order valence-electron chi connectivity index (χ0n) is 9.02. The van der Waals surface area contributed by atoms with Crippen molar-refractivity contribution in [2.45, 2.75) is 13.8 Å². The Balaban J connectivity index is 2.52. The molecule has 0 spiro atoms. The fraction of sp³-hybridized carbons (Fsp3) is 0.167. The summed E-state index contributed by atoms with van der Waals surface area (Å²) in [7, 11) is 0. The maximum absolute atomic E-state index is 10.9. The second-order valence-corrected chi connectivity index (χ2v) is 4.74. The molecule has 82 valence electrons. The van der Waals surface area contributed by atoms with Crippen LogP contribution in [-0.4, -0.2) is 16.1 Å². The summed E-state index contributed by atoms with van der Waals surface area (Å²) < 4.78 is 0. The summed E-state index contributed by atoms with van der Waals surface area (Å²) in [5.74, 6) is -0.902. The van der Waals surface area contributed by atoms with E-state index in [0.29, 0.717) is 5.56 Å². The molecule has 2 rings (SSSR count). The van der Waals surface area contributed by atoms with Crippen molar-refractivity contribution in [3.8, 4) is 10.4 Å². The highest BCUT2D eigenvalue weighted by Gasteiger charge is 2.09. The van der Waals surface area contributed by atoms with Crippen LogP contribution in [0.15, 0.2) is 24.3 Å². The minimum absolute atomic E-state index is 0.308. The van der Waals surface area contributed by atoms with Gasteiger partial charge in [-0.05, 0) is 31.5 Å². The largest absolute Gasteiger partial charge is 0.478 e. The smallest absolute Gasteiger partial charge is 0.335 e. The maximum Gasteiger partial charge on any atom is 0.335 e. The van der Waals surface area contributed by atoms with Crippen LogP contribution in [-0.2, 0) is 0 Å². The van der Waals surface area contributed by atoms with Crippen LogP contribution in [0.3, 0.4) is 0 Å². The van der Waals surface area contributed by atoms with Gasteiger partial charge < -0.3 is 5.11 Å². The first-order chi connectivity index (χ1) is 7.58. The van der Waals surface area contributed by atoms with E-state index in [0.717, 1.165) is 21.1 Å². The van der Waals surface area contributed by atoms with Gasteiger partial charge in [0.1, 0.15) is 0 Å². The molecule has 1 N–H and O–H groups in total. The van der Waals surface area contributed by atoms with Gasteiger partial charge in [-0.15, -0.1) is 11.3 Å². The number of carboxylic acids is 1. The van der Waals surface area contributed by atoms with E-state index in [1.165, 1.54) is 0 Å². The summed E-state index contributed by atoms with van der Waals surface area (Å²) >= 11 is 1.58. The first-order valence-corrected chi connectivity index (χ1v) is 5.67. The molecule has 0 amide bonds. The van der Waals surface area contributed by atoms with E-state index in [1.807, 2.05) is 19.9 Å². The Labute approximate surface area is 97.4 Å². The lowest BCUT2D eigenvalue weighted by molar-refractivity contribution is 0.0697. The summed E-state index contributed by atoms with van der Waals surface area (Å²) in [5, 5.41) is 9.91. The van der Waals surface area contributed by atoms with Crippen molar-refractivity contribution in [3.63, 3.8) is 0 Å². The lowest BCUT2D eigenvalue weighted by atomic mass is 10.1. The first-order valence-electron chi connectivity index (χ1n) is 4.85. The van der Waals surface area contributed by atoms with Crippen LogP contribution in [0, 0.1) is 13.8 Å². The Morgan fingerprint density at radius 3 is 2.69 bits per heavy atom. The number of thiazole rings is 1. The molecule has 16 heavy (non-hydrogen) atoms. The molecule has 0 saturated heterocycles. The van der Waals surface area contributed by atoms with Gasteiger partial charge in [0.05, 0.1) is 21.1 Å². The fourth-order valence-electron chi connectivity index (χ4n) is 1.59. The first kappa shape index (κ1) is 10.8. The van der Waals surface area contributed by atoms with Gasteiger partial charge in [-0.25, -0.2) is 9.78 Å². The summed E-state index contributed by atoms with van der Waals surface area (Å²) in [6.45, 7) is 3.88. The molecule has 0 aliphatic heterocycles. The molecule has 0 bridgehead atoms. The molecule has 3 nitrogen and oxygen atoms in total. The highest BCUT2D eigenvalue weighted by molar-refractivity contribution is 7.15. The van der Waals surface area contributed by atoms with Crippen molar-refractivity contribution in [2.24, 2.45) is 0 Å². The third-order valence-corrected chi connectivity index (χ3v) is 3.40. The van der Waals surface area contributed by atoms with Crippen molar-refractivity contribution >= 4 is 17.3 Å². The average Bonchev–Trinajstić information content (AvgIpc) is 2.58. The van der Waals surface area contributed by atoms with E-state index in [2.05, 4.69) is 4.98 Å². The van der Waals surface area contributed by atoms with E-state index in [9.17, 15) is 4.79 Å². The van der Waals surface area contributed by atoms with Crippen LogP contribution in [0.5, 0.6) is 0 Å². The van der Waals surface area contributed by atoms with E-state index >= 15 is 0 Å². The molecule has 1 aromatic carbocycles. The summed E-state index contributed by atoms with van der Waals surface area (Å²) in [6.07, 6.45) is 0. The highest BCUT2D eigenvalue weighted by Crippen LogP contribution is 2.29. The molecule has 0 unspecified atom stereocenters. The topological polar surface area (TPSA) is 50.2 Å². The Kier molecular flexibility index (Phi) is 2.75. The fourth-order valence-corrected chi connectivity index (χ4v) is 2.51. The van der Waals surface area contributed by atoms with Gasteiger partial charge >= 0.3 is 5.97 Å². The number of hydrogen-bond donors (Lipinski definition) is 1. The lowest BCUT2D eigenvalue weighted by Gasteiger charge is -2.00. The number of aromatic nitrogens is 1. The second-order valence-electron chi connectivity index (χ2n) is 3.53. The van der Waals surface area contributed by atoms with E-state index in [-0.39, 0.29) is 0 Å². The molecule has 0 aliphatic rings. The molecular formula is C12H11NO2S. The number of aromatic carboxylic acids is 1. The summed E-state index contributed by atoms with van der Waals surface area (Å²) in [4.78, 5) is 16.2. The summed E-state index contributed by atoms with van der Waals surface area (Å²) in [5.41, 5.74) is 2.18. The Morgan fingerprint density at radius 1 is 1.38 bits per heavy atom. The maximum atomic E-state index is 10.9. The number of nitrogens with zero attached hydrogens (tertiary/aromatic N) is 1. The zero-order chi connectivity index (χ0) is 11.7. The van der Waals surface area contributed by atoms with Gasteiger partial charge in [0.2, 0.25) is 0 Å². The number of benzene rings is 1. The molecule has 0 aliphatic carbocycles. The third-order valence-electron chi connectivity index (χ3n) is 2.28. The van der Waals surface area contributed by atoms with Crippen molar-refractivity contribution in [2.75, 3.05) is 0 Å². The van der Waals surface area contributed by atoms with Crippen LogP contribution in [0.25, 0.3) is 10.4 Å². The van der Waals surface area contributed by atoms with Crippen molar-refractivity contribution in [3.05, 3.63) is 40.5 Å². The molecule has 1 aromatic heterocycles. The van der Waals surface area contributed by atoms with Gasteiger partial charge in [-0.1, -0.05) is 12.1 Å². The molecular weight excluding hydrogens is 222 g/mol. The molecule has 2 aromatic rings. The highest BCUT2D eigenvalue weighted by atomic mass is 32.1. The Bertz CT molecular complexity index is 546. The predicted molar refractivity (Wildman–Crippen MR) is 64.0 cm³/mol. The van der Waals surface area contributed by atoms with Crippen molar-refractivity contribution in [1.82, 2.24) is 4.98 Å². The molecule has 0 saturated carbocycles. The number of hydrogen-bond acceptors (Lipinski definition) is 3. The molecule has 1 heterocycles. The van der Waals surface area contributed by atoms with Crippen LogP contribution >= 0.6 is 11.3 Å². The van der Waals surface area contributed by atoms with E-state index < -0.39 is 5.97 Å². The SMILES string of the molecule is Cc1nc(C)c(-c2cccc(C(=O)O)c2)s1. The quantitative estimate of drug-likeness (QED) is 0.867. The van der Waals surface area contributed by atoms with Crippen LogP contribution in [0.2, 0.25) is 0 Å². The van der Waals surface area contributed by atoms with Gasteiger partial charge in [0.15, 0.2) is 0 Å². The number of carbonyl (C=O) groups is 1. The monoisotopic (exact) mass is 233 g/mol.